The predicted molar refractivity (Wildman–Crippen MR) is 70.5 cm³/mol. The third-order valence-electron chi connectivity index (χ3n) is 2.79. The number of rotatable bonds is 4. The molecule has 0 fully saturated rings. The first-order valence-corrected chi connectivity index (χ1v) is 6.23. The molecule has 0 saturated carbocycles. The molecule has 0 amide bonds. The Balaban J connectivity index is 1.90. The third-order valence-corrected chi connectivity index (χ3v) is 2.79. The van der Waals surface area contributed by atoms with Gasteiger partial charge in [0, 0.05) is 12.2 Å². The minimum Gasteiger partial charge on any atom is -0.334 e. The highest BCUT2D eigenvalue weighted by molar-refractivity contribution is 5.74. The molecular formula is C13H15N5O. The lowest BCUT2D eigenvalue weighted by molar-refractivity contribution is 0.417. The van der Waals surface area contributed by atoms with E-state index in [9.17, 15) is 0 Å². The van der Waals surface area contributed by atoms with Gasteiger partial charge < -0.3 is 9.84 Å². The Morgan fingerprint density at radius 3 is 3.11 bits per heavy atom. The maximum atomic E-state index is 5.29. The predicted octanol–water partition coefficient (Wildman–Crippen LogP) is 1.88. The molecule has 6 heteroatoms. The summed E-state index contributed by atoms with van der Waals surface area (Å²) in [4.78, 5) is 4.38. The van der Waals surface area contributed by atoms with Crippen LogP contribution >= 0.6 is 0 Å². The zero-order valence-corrected chi connectivity index (χ0v) is 10.9. The van der Waals surface area contributed by atoms with Crippen LogP contribution in [0, 0.1) is 0 Å². The van der Waals surface area contributed by atoms with Crippen LogP contribution in [0.4, 0.5) is 0 Å². The molecule has 3 aromatic rings. The normalized spacial score (nSPS) is 11.5. The SMILES string of the molecule is CC(C)NCc1noc(-c2cnn3ccccc23)n1. The monoisotopic (exact) mass is 257 g/mol. The Hall–Kier alpha value is -2.21. The first kappa shape index (κ1) is 11.9. The highest BCUT2D eigenvalue weighted by Gasteiger charge is 2.13. The first-order valence-electron chi connectivity index (χ1n) is 6.23. The van der Waals surface area contributed by atoms with Gasteiger partial charge >= 0.3 is 0 Å². The Bertz CT molecular complexity index is 685. The second kappa shape index (κ2) is 4.81. The van der Waals surface area contributed by atoms with Crippen molar-refractivity contribution in [3.8, 4) is 11.5 Å². The van der Waals surface area contributed by atoms with Gasteiger partial charge in [0.25, 0.3) is 5.89 Å². The Morgan fingerprint density at radius 1 is 1.37 bits per heavy atom. The van der Waals surface area contributed by atoms with Gasteiger partial charge in [0.15, 0.2) is 5.82 Å². The lowest BCUT2D eigenvalue weighted by atomic mass is 10.2. The van der Waals surface area contributed by atoms with Gasteiger partial charge in [0.05, 0.1) is 23.8 Å². The summed E-state index contributed by atoms with van der Waals surface area (Å²) < 4.78 is 7.08. The molecular weight excluding hydrogens is 242 g/mol. The standard InChI is InChI=1S/C13H15N5O/c1-9(2)14-8-12-16-13(19-17-12)10-7-15-18-6-4-3-5-11(10)18/h3-7,9,14H,8H2,1-2H3. The minimum absolute atomic E-state index is 0.388. The molecule has 1 N–H and O–H groups in total. The Labute approximate surface area is 110 Å². The summed E-state index contributed by atoms with van der Waals surface area (Å²) in [6, 6.07) is 6.24. The molecule has 0 aromatic carbocycles. The van der Waals surface area contributed by atoms with E-state index in [0.29, 0.717) is 24.3 Å². The summed E-state index contributed by atoms with van der Waals surface area (Å²) in [5.74, 6) is 1.15. The molecule has 3 aromatic heterocycles. The van der Waals surface area contributed by atoms with Gasteiger partial charge in [-0.3, -0.25) is 0 Å². The molecule has 19 heavy (non-hydrogen) atoms. The molecule has 0 saturated heterocycles. The van der Waals surface area contributed by atoms with Crippen LogP contribution in [-0.2, 0) is 6.54 Å². The Kier molecular flexibility index (Phi) is 3.00. The molecule has 0 aliphatic rings. The summed E-state index contributed by atoms with van der Waals surface area (Å²) in [6.07, 6.45) is 3.62. The van der Waals surface area contributed by atoms with Crippen LogP contribution in [-0.4, -0.2) is 25.8 Å². The van der Waals surface area contributed by atoms with Crippen molar-refractivity contribution >= 4 is 5.52 Å². The number of aromatic nitrogens is 4. The van der Waals surface area contributed by atoms with Crippen molar-refractivity contribution in [3.63, 3.8) is 0 Å². The zero-order valence-electron chi connectivity index (χ0n) is 10.9. The quantitative estimate of drug-likeness (QED) is 0.773. The van der Waals surface area contributed by atoms with E-state index in [-0.39, 0.29) is 0 Å². The fourth-order valence-corrected chi connectivity index (χ4v) is 1.83. The molecule has 0 aliphatic carbocycles. The average Bonchev–Trinajstić information content (AvgIpc) is 3.02. The largest absolute Gasteiger partial charge is 0.334 e. The lowest BCUT2D eigenvalue weighted by Gasteiger charge is -2.03. The molecule has 0 spiro atoms. The highest BCUT2D eigenvalue weighted by atomic mass is 16.5. The summed E-state index contributed by atoms with van der Waals surface area (Å²) >= 11 is 0. The molecule has 0 unspecified atom stereocenters. The van der Waals surface area contributed by atoms with E-state index in [0.717, 1.165) is 11.1 Å². The fourth-order valence-electron chi connectivity index (χ4n) is 1.83. The second-order valence-corrected chi connectivity index (χ2v) is 4.64. The lowest BCUT2D eigenvalue weighted by Crippen LogP contribution is -2.22. The minimum atomic E-state index is 0.388. The topological polar surface area (TPSA) is 68.2 Å². The number of nitrogens with one attached hydrogen (secondary N) is 1. The number of nitrogens with zero attached hydrogens (tertiary/aromatic N) is 4. The summed E-state index contributed by atoms with van der Waals surface area (Å²) in [5, 5.41) is 11.5. The van der Waals surface area contributed by atoms with Crippen molar-refractivity contribution in [3.05, 3.63) is 36.4 Å². The number of pyridine rings is 1. The van der Waals surface area contributed by atoms with E-state index in [1.165, 1.54) is 0 Å². The van der Waals surface area contributed by atoms with Gasteiger partial charge in [0.2, 0.25) is 0 Å². The number of hydrogen-bond donors (Lipinski definition) is 1. The smallest absolute Gasteiger partial charge is 0.261 e. The number of fused-ring (bicyclic) bond motifs is 1. The van der Waals surface area contributed by atoms with Gasteiger partial charge in [-0.1, -0.05) is 25.1 Å². The van der Waals surface area contributed by atoms with E-state index >= 15 is 0 Å². The van der Waals surface area contributed by atoms with Crippen LogP contribution in [0.2, 0.25) is 0 Å². The van der Waals surface area contributed by atoms with Crippen molar-refractivity contribution in [2.24, 2.45) is 0 Å². The molecule has 0 bridgehead atoms. The molecule has 6 nitrogen and oxygen atoms in total. The molecule has 0 atom stereocenters. The molecule has 0 aliphatic heterocycles. The van der Waals surface area contributed by atoms with Gasteiger partial charge in [-0.05, 0) is 12.1 Å². The van der Waals surface area contributed by atoms with Crippen LogP contribution in [0.3, 0.4) is 0 Å². The average molecular weight is 257 g/mol. The van der Waals surface area contributed by atoms with Gasteiger partial charge in [-0.2, -0.15) is 10.1 Å². The van der Waals surface area contributed by atoms with E-state index in [2.05, 4.69) is 34.4 Å². The summed E-state index contributed by atoms with van der Waals surface area (Å²) in [5.41, 5.74) is 1.80. The second-order valence-electron chi connectivity index (χ2n) is 4.64. The zero-order chi connectivity index (χ0) is 13.2. The molecule has 0 radical (unpaired) electrons. The first-order chi connectivity index (χ1) is 9.24. The fraction of sp³-hybridized carbons (Fsp3) is 0.308. The highest BCUT2D eigenvalue weighted by Crippen LogP contribution is 2.22. The van der Waals surface area contributed by atoms with E-state index in [4.69, 9.17) is 4.52 Å². The van der Waals surface area contributed by atoms with Crippen LogP contribution in [0.15, 0.2) is 35.1 Å². The Morgan fingerprint density at radius 2 is 2.26 bits per heavy atom. The maximum absolute atomic E-state index is 5.29. The van der Waals surface area contributed by atoms with E-state index < -0.39 is 0 Å². The van der Waals surface area contributed by atoms with Crippen molar-refractivity contribution in [1.29, 1.82) is 0 Å². The molecule has 3 heterocycles. The van der Waals surface area contributed by atoms with Crippen molar-refractivity contribution in [1.82, 2.24) is 25.1 Å². The van der Waals surface area contributed by atoms with Crippen molar-refractivity contribution in [2.45, 2.75) is 26.4 Å². The number of hydrogen-bond acceptors (Lipinski definition) is 5. The third kappa shape index (κ3) is 2.34. The van der Waals surface area contributed by atoms with E-state index in [1.54, 1.807) is 10.7 Å². The van der Waals surface area contributed by atoms with Crippen molar-refractivity contribution in [2.75, 3.05) is 0 Å². The van der Waals surface area contributed by atoms with Crippen molar-refractivity contribution < 1.29 is 4.52 Å². The van der Waals surface area contributed by atoms with Gasteiger partial charge in [-0.15, -0.1) is 0 Å². The summed E-state index contributed by atoms with van der Waals surface area (Å²) in [7, 11) is 0. The molecule has 98 valence electrons. The molecule has 3 rings (SSSR count). The van der Waals surface area contributed by atoms with Gasteiger partial charge in [-0.25, -0.2) is 4.52 Å². The van der Waals surface area contributed by atoms with Crippen LogP contribution in [0.1, 0.15) is 19.7 Å². The maximum Gasteiger partial charge on any atom is 0.261 e. The van der Waals surface area contributed by atoms with Gasteiger partial charge in [0.1, 0.15) is 0 Å². The van der Waals surface area contributed by atoms with E-state index in [1.807, 2.05) is 24.4 Å². The van der Waals surface area contributed by atoms with Crippen LogP contribution in [0.5, 0.6) is 0 Å². The van der Waals surface area contributed by atoms with Crippen LogP contribution in [0.25, 0.3) is 17.0 Å². The van der Waals surface area contributed by atoms with Crippen LogP contribution < -0.4 is 5.32 Å². The summed E-state index contributed by atoms with van der Waals surface area (Å²) in [6.45, 7) is 4.75.